The van der Waals surface area contributed by atoms with E-state index in [2.05, 4.69) is 20.9 Å². The number of carbonyl (C=O) groups is 3. The van der Waals surface area contributed by atoms with Crippen molar-refractivity contribution in [3.63, 3.8) is 0 Å². The molecule has 170 valence electrons. The highest BCUT2D eigenvalue weighted by atomic mass is 16.2. The normalized spacial score (nSPS) is 22.8. The van der Waals surface area contributed by atoms with Crippen LogP contribution in [0.15, 0.2) is 42.6 Å². The summed E-state index contributed by atoms with van der Waals surface area (Å²) in [6.45, 7) is 3.60. The fourth-order valence-corrected chi connectivity index (χ4v) is 5.23. The Balaban J connectivity index is 1.23. The predicted octanol–water partition coefficient (Wildman–Crippen LogP) is 2.16. The molecule has 1 aliphatic carbocycles. The molecule has 1 aromatic carbocycles. The number of hydrogen-bond donors (Lipinski definition) is 3. The first-order chi connectivity index (χ1) is 15.9. The number of aromatic nitrogens is 1. The second-order valence-corrected chi connectivity index (χ2v) is 9.61. The molecule has 2 aliphatic heterocycles. The highest BCUT2D eigenvalue weighted by Gasteiger charge is 2.51. The number of carbonyl (C=O) groups excluding carboxylic acids is 3. The van der Waals surface area contributed by atoms with Crippen LogP contribution in [0.3, 0.4) is 0 Å². The Hall–Kier alpha value is -3.32. The Morgan fingerprint density at radius 2 is 1.94 bits per heavy atom. The Morgan fingerprint density at radius 1 is 1.15 bits per heavy atom. The minimum absolute atomic E-state index is 0.00199. The van der Waals surface area contributed by atoms with E-state index in [0.29, 0.717) is 18.7 Å². The molecular formula is C26H28N4O3. The van der Waals surface area contributed by atoms with Crippen LogP contribution in [-0.2, 0) is 32.6 Å². The van der Waals surface area contributed by atoms with Crippen molar-refractivity contribution in [2.45, 2.75) is 38.0 Å². The molecule has 0 bridgehead atoms. The maximum absolute atomic E-state index is 12.8. The summed E-state index contributed by atoms with van der Waals surface area (Å²) < 4.78 is 0. The maximum atomic E-state index is 12.8. The Bertz CT molecular complexity index is 1170. The molecule has 1 atom stereocenters. The van der Waals surface area contributed by atoms with Crippen molar-refractivity contribution >= 4 is 29.5 Å². The molecule has 1 aromatic heterocycles. The van der Waals surface area contributed by atoms with Gasteiger partial charge in [-0.1, -0.05) is 37.3 Å². The Labute approximate surface area is 193 Å². The second-order valence-electron chi connectivity index (χ2n) is 9.61. The monoisotopic (exact) mass is 444 g/mol. The lowest BCUT2D eigenvalue weighted by Gasteiger charge is -2.32. The van der Waals surface area contributed by atoms with Crippen molar-refractivity contribution in [2.24, 2.45) is 5.41 Å². The lowest BCUT2D eigenvalue weighted by atomic mass is 9.79. The average Bonchev–Trinajstić information content (AvgIpc) is 3.33. The molecule has 1 fully saturated rings. The van der Waals surface area contributed by atoms with Crippen molar-refractivity contribution in [2.75, 3.05) is 25.0 Å². The summed E-state index contributed by atoms with van der Waals surface area (Å²) in [4.78, 5) is 42.0. The molecular weight excluding hydrogens is 416 g/mol. The maximum Gasteiger partial charge on any atom is 0.237 e. The second kappa shape index (κ2) is 8.23. The van der Waals surface area contributed by atoms with Gasteiger partial charge in [0.05, 0.1) is 12.0 Å². The first kappa shape index (κ1) is 21.5. The summed E-state index contributed by atoms with van der Waals surface area (Å²) in [7, 11) is 0. The molecule has 1 saturated heterocycles. The zero-order chi connectivity index (χ0) is 23.1. The van der Waals surface area contributed by atoms with Crippen LogP contribution in [0.25, 0.3) is 6.08 Å². The van der Waals surface area contributed by atoms with Gasteiger partial charge in [0.15, 0.2) is 5.78 Å². The van der Waals surface area contributed by atoms with Gasteiger partial charge in [-0.2, -0.15) is 0 Å². The van der Waals surface area contributed by atoms with Crippen molar-refractivity contribution in [1.82, 2.24) is 15.6 Å². The van der Waals surface area contributed by atoms with Gasteiger partial charge in [-0.15, -0.1) is 0 Å². The molecule has 7 nitrogen and oxygen atoms in total. The fourth-order valence-electron chi connectivity index (χ4n) is 5.23. The van der Waals surface area contributed by atoms with E-state index >= 15 is 0 Å². The lowest BCUT2D eigenvalue weighted by molar-refractivity contribution is -0.132. The van der Waals surface area contributed by atoms with Crippen molar-refractivity contribution in [3.8, 4) is 0 Å². The SMILES string of the molecule is CC1(C(=O)NCC(=O)/C=C/c2ccc3c(c2)CC2(C3)C(=O)Nc3ncccc32)CCNCC1. The van der Waals surface area contributed by atoms with Crippen molar-refractivity contribution in [3.05, 3.63) is 64.9 Å². The molecule has 3 aliphatic rings. The number of anilines is 1. The molecule has 33 heavy (non-hydrogen) atoms. The highest BCUT2D eigenvalue weighted by molar-refractivity contribution is 6.06. The van der Waals surface area contributed by atoms with Gasteiger partial charge in [0.25, 0.3) is 0 Å². The van der Waals surface area contributed by atoms with E-state index in [9.17, 15) is 14.4 Å². The quantitative estimate of drug-likeness (QED) is 0.614. The first-order valence-electron chi connectivity index (χ1n) is 11.5. The number of piperidine rings is 1. The lowest BCUT2D eigenvalue weighted by Crippen LogP contribution is -2.46. The molecule has 2 amide bonds. The van der Waals surface area contributed by atoms with Gasteiger partial charge in [-0.3, -0.25) is 14.4 Å². The predicted molar refractivity (Wildman–Crippen MR) is 126 cm³/mol. The van der Waals surface area contributed by atoms with Crippen LogP contribution in [0, 0.1) is 5.41 Å². The van der Waals surface area contributed by atoms with Crippen LogP contribution in [0.2, 0.25) is 0 Å². The third kappa shape index (κ3) is 3.86. The molecule has 3 N–H and O–H groups in total. The number of nitrogens with zero attached hydrogens (tertiary/aromatic N) is 1. The third-order valence-corrected chi connectivity index (χ3v) is 7.34. The number of benzene rings is 1. The van der Waals surface area contributed by atoms with Gasteiger partial charge in [-0.05, 0) is 67.6 Å². The zero-order valence-corrected chi connectivity index (χ0v) is 18.7. The molecule has 2 aromatic rings. The molecule has 3 heterocycles. The van der Waals surface area contributed by atoms with E-state index in [1.165, 1.54) is 6.08 Å². The van der Waals surface area contributed by atoms with E-state index in [0.717, 1.165) is 48.2 Å². The average molecular weight is 445 g/mol. The first-order valence-corrected chi connectivity index (χ1v) is 11.5. The summed E-state index contributed by atoms with van der Waals surface area (Å²) in [6, 6.07) is 9.89. The van der Waals surface area contributed by atoms with Crippen molar-refractivity contribution in [1.29, 1.82) is 0 Å². The zero-order valence-electron chi connectivity index (χ0n) is 18.7. The summed E-state index contributed by atoms with van der Waals surface area (Å²) >= 11 is 0. The van der Waals surface area contributed by atoms with Gasteiger partial charge in [0.2, 0.25) is 11.8 Å². The summed E-state index contributed by atoms with van der Waals surface area (Å²) in [5, 5.41) is 8.98. The van der Waals surface area contributed by atoms with Gasteiger partial charge >= 0.3 is 0 Å². The Morgan fingerprint density at radius 3 is 2.76 bits per heavy atom. The largest absolute Gasteiger partial charge is 0.348 e. The number of ketones is 1. The van der Waals surface area contributed by atoms with Gasteiger partial charge in [0, 0.05) is 17.2 Å². The highest BCUT2D eigenvalue weighted by Crippen LogP contribution is 2.46. The fraction of sp³-hybridized carbons (Fsp3) is 0.385. The smallest absolute Gasteiger partial charge is 0.237 e. The number of fused-ring (bicyclic) bond motifs is 3. The Kier molecular flexibility index (Phi) is 5.37. The van der Waals surface area contributed by atoms with E-state index in [4.69, 9.17) is 0 Å². The molecule has 0 saturated carbocycles. The van der Waals surface area contributed by atoms with Crippen LogP contribution >= 0.6 is 0 Å². The molecule has 5 rings (SSSR count). The van der Waals surface area contributed by atoms with Crippen LogP contribution < -0.4 is 16.0 Å². The van der Waals surface area contributed by atoms with Crippen LogP contribution in [0.5, 0.6) is 0 Å². The third-order valence-electron chi connectivity index (χ3n) is 7.34. The topological polar surface area (TPSA) is 100 Å². The van der Waals surface area contributed by atoms with Crippen LogP contribution in [0.1, 0.15) is 42.0 Å². The molecule has 0 radical (unpaired) electrons. The number of nitrogens with one attached hydrogen (secondary N) is 3. The number of pyridine rings is 1. The van der Waals surface area contributed by atoms with E-state index < -0.39 is 10.8 Å². The minimum Gasteiger partial charge on any atom is -0.348 e. The van der Waals surface area contributed by atoms with E-state index in [1.54, 1.807) is 12.3 Å². The van der Waals surface area contributed by atoms with E-state index in [-0.39, 0.29) is 24.1 Å². The number of rotatable bonds is 5. The van der Waals surface area contributed by atoms with Crippen LogP contribution in [0.4, 0.5) is 5.82 Å². The number of amides is 2. The van der Waals surface area contributed by atoms with E-state index in [1.807, 2.05) is 37.3 Å². The van der Waals surface area contributed by atoms with Crippen LogP contribution in [-0.4, -0.2) is 42.2 Å². The number of hydrogen-bond acceptors (Lipinski definition) is 5. The molecule has 1 spiro atoms. The van der Waals surface area contributed by atoms with Gasteiger partial charge < -0.3 is 16.0 Å². The minimum atomic E-state index is -0.598. The van der Waals surface area contributed by atoms with Gasteiger partial charge in [-0.25, -0.2) is 4.98 Å². The summed E-state index contributed by atoms with van der Waals surface area (Å²) in [5.41, 5.74) is 3.11. The molecule has 7 heteroatoms. The summed E-state index contributed by atoms with van der Waals surface area (Å²) in [6.07, 6.45) is 7.79. The van der Waals surface area contributed by atoms with Crippen molar-refractivity contribution < 1.29 is 14.4 Å². The standard InChI is InChI=1S/C26H28N4O3/c1-25(8-11-27-12-9-25)23(32)29-16-20(31)7-5-17-4-6-18-14-26(15-19(18)13-17)21-3-2-10-28-22(21)30-24(26)33/h2-7,10,13,27H,8-9,11-12,14-16H2,1H3,(H,29,32)(H,28,30,33)/b7-5+. The molecule has 1 unspecified atom stereocenters. The van der Waals surface area contributed by atoms with Gasteiger partial charge in [0.1, 0.15) is 5.82 Å². The summed E-state index contributed by atoms with van der Waals surface area (Å²) in [5.74, 6) is 0.450.